The van der Waals surface area contributed by atoms with E-state index in [1.807, 2.05) is 0 Å². The Bertz CT molecular complexity index is 651. The Labute approximate surface area is 160 Å². The van der Waals surface area contributed by atoms with Gasteiger partial charge in [-0.05, 0) is 51.9 Å². The summed E-state index contributed by atoms with van der Waals surface area (Å²) in [4.78, 5) is 35.4. The van der Waals surface area contributed by atoms with Crippen LogP contribution in [0.2, 0.25) is 0 Å². The third-order valence-electron chi connectivity index (χ3n) is 5.58. The zero-order chi connectivity index (χ0) is 19.2. The predicted octanol–water partition coefficient (Wildman–Crippen LogP) is 1.11. The van der Waals surface area contributed by atoms with Crippen LogP contribution in [0.25, 0.3) is 0 Å². The highest BCUT2D eigenvalue weighted by atomic mass is 16.2. The minimum atomic E-state index is -0.327. The summed E-state index contributed by atoms with van der Waals surface area (Å²) in [5, 5.41) is 2.90. The van der Waals surface area contributed by atoms with Gasteiger partial charge >= 0.3 is 0 Å². The largest absolute Gasteiger partial charge is 0.351 e. The number of piperidine rings is 1. The molecule has 2 amide bonds. The van der Waals surface area contributed by atoms with E-state index < -0.39 is 0 Å². The highest BCUT2D eigenvalue weighted by Crippen LogP contribution is 2.19. The van der Waals surface area contributed by atoms with Gasteiger partial charge < -0.3 is 10.2 Å². The lowest BCUT2D eigenvalue weighted by Gasteiger charge is -2.26. The maximum Gasteiger partial charge on any atom is 0.274 e. The fraction of sp³-hybridized carbons (Fsp3) is 0.684. The minimum absolute atomic E-state index is 0.124. The summed E-state index contributed by atoms with van der Waals surface area (Å²) in [6, 6.07) is 0.842. The van der Waals surface area contributed by atoms with Gasteiger partial charge in [0.05, 0.1) is 0 Å². The van der Waals surface area contributed by atoms with Gasteiger partial charge in [0.15, 0.2) is 11.4 Å². The molecule has 2 atom stereocenters. The van der Waals surface area contributed by atoms with E-state index in [-0.39, 0.29) is 23.2 Å². The Morgan fingerprint density at radius 3 is 2.37 bits per heavy atom. The van der Waals surface area contributed by atoms with Crippen LogP contribution in [0, 0.1) is 5.92 Å². The highest BCUT2D eigenvalue weighted by Gasteiger charge is 2.29. The third-order valence-corrected chi connectivity index (χ3v) is 5.58. The van der Waals surface area contributed by atoms with Gasteiger partial charge in [-0.3, -0.25) is 20.4 Å². The van der Waals surface area contributed by atoms with E-state index in [0.29, 0.717) is 24.5 Å². The molecule has 1 aromatic rings. The summed E-state index contributed by atoms with van der Waals surface area (Å²) < 4.78 is 0. The topological polar surface area (TPSA) is 99.2 Å². The van der Waals surface area contributed by atoms with Crippen LogP contribution >= 0.6 is 0 Å². The van der Waals surface area contributed by atoms with Crippen molar-refractivity contribution in [1.82, 2.24) is 31.0 Å². The number of carbonyl (C=O) groups excluding carboxylic acids is 2. The number of carbonyl (C=O) groups is 2. The quantitative estimate of drug-likeness (QED) is 0.645. The average Bonchev–Trinajstić information content (AvgIpc) is 3.03. The van der Waals surface area contributed by atoms with Crippen molar-refractivity contribution < 1.29 is 9.59 Å². The van der Waals surface area contributed by atoms with Gasteiger partial charge in [-0.1, -0.05) is 0 Å². The molecule has 0 aromatic carbocycles. The number of nitrogens with one attached hydrogen (secondary N) is 3. The van der Waals surface area contributed by atoms with E-state index in [1.165, 1.54) is 12.4 Å². The predicted molar refractivity (Wildman–Crippen MR) is 102 cm³/mol. The van der Waals surface area contributed by atoms with Crippen LogP contribution in [0.1, 0.15) is 66.9 Å². The van der Waals surface area contributed by atoms with Gasteiger partial charge in [0, 0.05) is 44.1 Å². The average molecular weight is 374 g/mol. The number of nitrogens with zero attached hydrogens (tertiary/aromatic N) is 3. The molecule has 2 aliphatic rings. The molecule has 8 heteroatoms. The summed E-state index contributed by atoms with van der Waals surface area (Å²) >= 11 is 0. The molecule has 3 rings (SSSR count). The second-order valence-electron chi connectivity index (χ2n) is 7.53. The lowest BCUT2D eigenvalue weighted by Crippen LogP contribution is -2.38. The van der Waals surface area contributed by atoms with Crippen molar-refractivity contribution >= 4 is 11.8 Å². The van der Waals surface area contributed by atoms with Crippen LogP contribution in [0.15, 0.2) is 12.4 Å². The Hall–Kier alpha value is -2.06. The SMILES string of the molecule is CC1NNC(C)C1CCCNC(=O)c1nccnc1C(=O)N1CCCCC1. The monoisotopic (exact) mass is 374 g/mol. The zero-order valence-electron chi connectivity index (χ0n) is 16.2. The maximum absolute atomic E-state index is 12.7. The number of hydrogen-bond acceptors (Lipinski definition) is 6. The van der Waals surface area contributed by atoms with Gasteiger partial charge in [-0.15, -0.1) is 0 Å². The maximum atomic E-state index is 12.7. The van der Waals surface area contributed by atoms with E-state index in [1.54, 1.807) is 4.90 Å². The summed E-state index contributed by atoms with van der Waals surface area (Å²) in [6.07, 6.45) is 7.95. The van der Waals surface area contributed by atoms with Crippen LogP contribution in [0.4, 0.5) is 0 Å². The first-order chi connectivity index (χ1) is 13.1. The van der Waals surface area contributed by atoms with Crippen LogP contribution in [-0.4, -0.2) is 58.4 Å². The molecular formula is C19H30N6O2. The van der Waals surface area contributed by atoms with Crippen LogP contribution in [-0.2, 0) is 0 Å². The van der Waals surface area contributed by atoms with Crippen LogP contribution < -0.4 is 16.2 Å². The van der Waals surface area contributed by atoms with Gasteiger partial charge in [0.25, 0.3) is 11.8 Å². The van der Waals surface area contributed by atoms with E-state index in [0.717, 1.165) is 45.2 Å². The molecule has 2 fully saturated rings. The molecule has 148 valence electrons. The number of hydrazine groups is 1. The molecule has 0 bridgehead atoms. The molecule has 27 heavy (non-hydrogen) atoms. The molecule has 3 heterocycles. The van der Waals surface area contributed by atoms with Gasteiger partial charge in [-0.25, -0.2) is 9.97 Å². The minimum Gasteiger partial charge on any atom is -0.351 e. The molecular weight excluding hydrogens is 344 g/mol. The third kappa shape index (κ3) is 4.81. The standard InChI is InChI=1S/C19H30N6O2/c1-13-15(14(2)24-23-13)7-6-8-22-18(26)16-17(21-10-9-20-16)19(27)25-11-4-3-5-12-25/h9-10,13-15,23-24H,3-8,11-12H2,1-2H3,(H,22,26). The van der Waals surface area contributed by atoms with E-state index in [2.05, 4.69) is 40.0 Å². The van der Waals surface area contributed by atoms with E-state index in [4.69, 9.17) is 0 Å². The van der Waals surface area contributed by atoms with Crippen molar-refractivity contribution in [1.29, 1.82) is 0 Å². The van der Waals surface area contributed by atoms with Crippen LogP contribution in [0.5, 0.6) is 0 Å². The smallest absolute Gasteiger partial charge is 0.274 e. The summed E-state index contributed by atoms with van der Waals surface area (Å²) in [6.45, 7) is 6.32. The Balaban J connectivity index is 1.54. The number of amides is 2. The van der Waals surface area contributed by atoms with E-state index in [9.17, 15) is 9.59 Å². The highest BCUT2D eigenvalue weighted by molar-refractivity contribution is 6.04. The van der Waals surface area contributed by atoms with Crippen molar-refractivity contribution in [3.05, 3.63) is 23.8 Å². The van der Waals surface area contributed by atoms with Crippen molar-refractivity contribution in [3.63, 3.8) is 0 Å². The van der Waals surface area contributed by atoms with Crippen molar-refractivity contribution in [2.45, 2.75) is 58.0 Å². The van der Waals surface area contributed by atoms with Crippen molar-refractivity contribution in [2.75, 3.05) is 19.6 Å². The number of likely N-dealkylation sites (tertiary alicyclic amines) is 1. The van der Waals surface area contributed by atoms with Gasteiger partial charge in [-0.2, -0.15) is 0 Å². The normalized spacial score (nSPS) is 25.4. The summed E-state index contributed by atoms with van der Waals surface area (Å²) in [7, 11) is 0. The Kier molecular flexibility index (Phi) is 6.73. The van der Waals surface area contributed by atoms with Crippen LogP contribution in [0.3, 0.4) is 0 Å². The van der Waals surface area contributed by atoms with Crippen molar-refractivity contribution in [3.8, 4) is 0 Å². The number of hydrogen-bond donors (Lipinski definition) is 3. The number of aromatic nitrogens is 2. The summed E-state index contributed by atoms with van der Waals surface area (Å²) in [5.74, 6) is 0.0144. The van der Waals surface area contributed by atoms with Gasteiger partial charge in [0.2, 0.25) is 0 Å². The summed E-state index contributed by atoms with van der Waals surface area (Å²) in [5.41, 5.74) is 6.78. The molecule has 0 spiro atoms. The molecule has 2 unspecified atom stereocenters. The molecule has 0 aliphatic carbocycles. The molecule has 0 radical (unpaired) electrons. The molecule has 3 N–H and O–H groups in total. The molecule has 2 aliphatic heterocycles. The lowest BCUT2D eigenvalue weighted by molar-refractivity contribution is 0.0711. The first-order valence-electron chi connectivity index (χ1n) is 9.97. The molecule has 1 aromatic heterocycles. The Morgan fingerprint density at radius 2 is 1.70 bits per heavy atom. The second-order valence-corrected chi connectivity index (χ2v) is 7.53. The number of rotatable bonds is 6. The first kappa shape index (κ1) is 19.7. The fourth-order valence-electron chi connectivity index (χ4n) is 3.94. The lowest BCUT2D eigenvalue weighted by atomic mass is 9.92. The zero-order valence-corrected chi connectivity index (χ0v) is 16.2. The molecule has 2 saturated heterocycles. The second kappa shape index (κ2) is 9.23. The Morgan fingerprint density at radius 1 is 1.07 bits per heavy atom. The van der Waals surface area contributed by atoms with E-state index >= 15 is 0 Å². The first-order valence-corrected chi connectivity index (χ1v) is 9.97. The molecule has 0 saturated carbocycles. The molecule has 8 nitrogen and oxygen atoms in total. The fourth-order valence-corrected chi connectivity index (χ4v) is 3.94. The van der Waals surface area contributed by atoms with Gasteiger partial charge in [0.1, 0.15) is 0 Å². The van der Waals surface area contributed by atoms with Crippen molar-refractivity contribution in [2.24, 2.45) is 5.92 Å².